The van der Waals surface area contributed by atoms with Crippen LogP contribution in [-0.2, 0) is 22.5 Å². The molecule has 4 aromatic rings. The van der Waals surface area contributed by atoms with Gasteiger partial charge in [-0.3, -0.25) is 14.4 Å². The molecule has 6 rings (SSSR count). The molecule has 1 unspecified atom stereocenters. The van der Waals surface area contributed by atoms with Gasteiger partial charge in [-0.1, -0.05) is 20.4 Å². The summed E-state index contributed by atoms with van der Waals surface area (Å²) in [4.78, 5) is 55.4. The first-order valence-corrected chi connectivity index (χ1v) is 16.4. The number of piperazine rings is 1. The Morgan fingerprint density at radius 2 is 1.90 bits per heavy atom. The normalized spacial score (nSPS) is 17.1. The molecule has 0 radical (unpaired) electrons. The average Bonchev–Trinajstić information content (AvgIpc) is 3.77. The van der Waals surface area contributed by atoms with Gasteiger partial charge < -0.3 is 43.3 Å². The van der Waals surface area contributed by atoms with E-state index in [4.69, 9.17) is 13.6 Å². The second kappa shape index (κ2) is 14.0. The number of fused-ring (bicyclic) bond motifs is 2. The van der Waals surface area contributed by atoms with Crippen LogP contribution in [0.25, 0.3) is 22.3 Å². The van der Waals surface area contributed by atoms with Gasteiger partial charge in [0.25, 0.3) is 11.9 Å². The summed E-state index contributed by atoms with van der Waals surface area (Å²) in [5, 5.41) is 13.1. The zero-order valence-corrected chi connectivity index (χ0v) is 27.7. The maximum absolute atomic E-state index is 14.4. The van der Waals surface area contributed by atoms with Crippen molar-refractivity contribution in [1.29, 1.82) is 0 Å². The molecule has 3 aromatic heterocycles. The molecule has 2 aliphatic rings. The number of aromatic hydroxyl groups is 1. The third-order valence-corrected chi connectivity index (χ3v) is 9.16. The Hall–Kier alpha value is -5.06. The van der Waals surface area contributed by atoms with Gasteiger partial charge >= 0.3 is 6.18 Å². The molecular weight excluding hydrogens is 663 g/mol. The van der Waals surface area contributed by atoms with Crippen molar-refractivity contribution < 1.29 is 41.4 Å². The Kier molecular flexibility index (Phi) is 9.78. The molecule has 2 fully saturated rings. The summed E-state index contributed by atoms with van der Waals surface area (Å²) in [6.45, 7) is 8.65. The van der Waals surface area contributed by atoms with E-state index in [9.17, 15) is 32.7 Å². The van der Waals surface area contributed by atoms with E-state index in [1.165, 1.54) is 12.5 Å². The number of hydrogen-bond acceptors (Lipinski definition) is 11. The van der Waals surface area contributed by atoms with E-state index in [0.717, 1.165) is 0 Å². The monoisotopic (exact) mass is 701 g/mol. The Bertz CT molecular complexity index is 1980. The number of nitrogens with one attached hydrogen (secondary N) is 1. The Morgan fingerprint density at radius 3 is 2.60 bits per heavy atom. The maximum Gasteiger partial charge on any atom is 0.412 e. The van der Waals surface area contributed by atoms with Gasteiger partial charge in [0, 0.05) is 56.6 Å². The van der Waals surface area contributed by atoms with Gasteiger partial charge in [-0.2, -0.15) is 18.2 Å². The number of pyridine rings is 1. The SMILES string of the molecule is C=C(CCNC(=O)Cn1c(CC)c(N2CCN(C(=O)c3c(O)ccc4ncoc34)CC2CC)c(=O)c2nc(N3CCOCC3)oc21)C(F)(F)F. The number of rotatable bonds is 10. The van der Waals surface area contributed by atoms with Gasteiger partial charge in [0.1, 0.15) is 29.1 Å². The summed E-state index contributed by atoms with van der Waals surface area (Å²) in [6, 6.07) is 2.79. The quantitative estimate of drug-likeness (QED) is 0.233. The molecule has 2 N–H and O–H groups in total. The zero-order valence-electron chi connectivity index (χ0n) is 27.7. The standard InChI is InChI=1S/C33H38F3N7O7/c1-4-20-16-41(30(47)25-23(44)7-6-21-29(25)49-18-38-21)10-11-42(20)27-22(5-2)43(17-24(45)37-9-8-19(3)33(34,35)36)31-26(28(27)46)39-32(50-31)40-12-14-48-15-13-40/h6-7,18,20,44H,3-5,8-17H2,1-2H3,(H,37,45). The highest BCUT2D eigenvalue weighted by Crippen LogP contribution is 2.33. The number of ether oxygens (including phenoxy) is 1. The fourth-order valence-corrected chi connectivity index (χ4v) is 6.50. The van der Waals surface area contributed by atoms with Crippen molar-refractivity contribution in [2.45, 2.75) is 51.9 Å². The Morgan fingerprint density at radius 1 is 1.14 bits per heavy atom. The molecule has 0 bridgehead atoms. The minimum absolute atomic E-state index is 0.00406. The number of phenols is 1. The molecular formula is C33H38F3N7O7. The second-order valence-corrected chi connectivity index (χ2v) is 12.2. The van der Waals surface area contributed by atoms with Crippen LogP contribution in [0.15, 0.2) is 44.3 Å². The highest BCUT2D eigenvalue weighted by molar-refractivity contribution is 6.06. The predicted octanol–water partition coefficient (Wildman–Crippen LogP) is 3.60. The lowest BCUT2D eigenvalue weighted by Crippen LogP contribution is -2.56. The van der Waals surface area contributed by atoms with Crippen LogP contribution in [0.4, 0.5) is 24.9 Å². The Balaban J connectivity index is 1.35. The molecule has 0 saturated carbocycles. The topological polar surface area (TPSA) is 159 Å². The number of aromatic nitrogens is 3. The molecule has 2 saturated heterocycles. The van der Waals surface area contributed by atoms with E-state index in [1.807, 2.05) is 23.6 Å². The van der Waals surface area contributed by atoms with Crippen molar-refractivity contribution in [3.8, 4) is 5.75 Å². The third kappa shape index (κ3) is 6.60. The summed E-state index contributed by atoms with van der Waals surface area (Å²) in [5.41, 5.74) is 0.110. The van der Waals surface area contributed by atoms with Crippen LogP contribution < -0.4 is 20.5 Å². The average molecular weight is 702 g/mol. The summed E-state index contributed by atoms with van der Waals surface area (Å²) >= 11 is 0. The number of carbonyl (C=O) groups excluding carboxylic acids is 2. The van der Waals surface area contributed by atoms with Gasteiger partial charge in [-0.05, 0) is 31.4 Å². The van der Waals surface area contributed by atoms with Crippen LogP contribution in [0.5, 0.6) is 5.75 Å². The molecule has 1 aromatic carbocycles. The predicted molar refractivity (Wildman–Crippen MR) is 177 cm³/mol. The molecule has 2 amide bonds. The van der Waals surface area contributed by atoms with Gasteiger partial charge in [0.15, 0.2) is 17.5 Å². The summed E-state index contributed by atoms with van der Waals surface area (Å²) < 4.78 is 57.5. The van der Waals surface area contributed by atoms with Crippen LogP contribution in [0, 0.1) is 0 Å². The molecule has 0 aliphatic carbocycles. The van der Waals surface area contributed by atoms with Crippen LogP contribution in [0.3, 0.4) is 0 Å². The zero-order chi connectivity index (χ0) is 35.7. The van der Waals surface area contributed by atoms with Crippen molar-refractivity contribution >= 4 is 45.8 Å². The minimum atomic E-state index is -4.57. The van der Waals surface area contributed by atoms with Crippen LogP contribution in [0.1, 0.15) is 42.7 Å². The van der Waals surface area contributed by atoms with E-state index in [1.54, 1.807) is 15.5 Å². The van der Waals surface area contributed by atoms with Crippen molar-refractivity contribution in [1.82, 2.24) is 24.8 Å². The molecule has 0 spiro atoms. The van der Waals surface area contributed by atoms with Crippen molar-refractivity contribution in [3.63, 3.8) is 0 Å². The highest BCUT2D eigenvalue weighted by Gasteiger charge is 2.36. The summed E-state index contributed by atoms with van der Waals surface area (Å²) in [7, 11) is 0. The fourth-order valence-electron chi connectivity index (χ4n) is 6.50. The number of alkyl halides is 3. The van der Waals surface area contributed by atoms with Gasteiger partial charge in [-0.15, -0.1) is 0 Å². The van der Waals surface area contributed by atoms with Crippen molar-refractivity contribution in [3.05, 3.63) is 52.2 Å². The molecule has 14 nitrogen and oxygen atoms in total. The summed E-state index contributed by atoms with van der Waals surface area (Å²) in [6.07, 6.45) is -3.01. The molecule has 268 valence electrons. The van der Waals surface area contributed by atoms with E-state index in [2.05, 4.69) is 21.9 Å². The van der Waals surface area contributed by atoms with Crippen LogP contribution >= 0.6 is 0 Å². The smallest absolute Gasteiger partial charge is 0.412 e. The molecule has 5 heterocycles. The summed E-state index contributed by atoms with van der Waals surface area (Å²) in [5.74, 6) is -1.26. The van der Waals surface area contributed by atoms with Crippen LogP contribution in [-0.4, -0.2) is 101 Å². The number of phenolic OH excluding ortho intramolecular Hbond substituents is 1. The number of hydrogen-bond donors (Lipinski definition) is 2. The lowest BCUT2D eigenvalue weighted by molar-refractivity contribution is -0.122. The van der Waals surface area contributed by atoms with E-state index < -0.39 is 35.4 Å². The molecule has 17 heteroatoms. The first-order chi connectivity index (χ1) is 23.9. The minimum Gasteiger partial charge on any atom is -0.507 e. The number of carbonyl (C=O) groups is 2. The second-order valence-electron chi connectivity index (χ2n) is 12.2. The molecule has 50 heavy (non-hydrogen) atoms. The lowest BCUT2D eigenvalue weighted by atomic mass is 10.0. The van der Waals surface area contributed by atoms with E-state index in [-0.39, 0.29) is 72.9 Å². The lowest BCUT2D eigenvalue weighted by Gasteiger charge is -2.43. The first kappa shape index (κ1) is 34.8. The van der Waals surface area contributed by atoms with Gasteiger partial charge in [0.2, 0.25) is 17.0 Å². The number of halogens is 3. The van der Waals surface area contributed by atoms with Crippen molar-refractivity contribution in [2.75, 3.05) is 62.3 Å². The third-order valence-electron chi connectivity index (χ3n) is 9.16. The molecule has 1 atom stereocenters. The number of morpholine rings is 1. The maximum atomic E-state index is 14.4. The van der Waals surface area contributed by atoms with Gasteiger partial charge in [-0.25, -0.2) is 4.98 Å². The van der Waals surface area contributed by atoms with Crippen LogP contribution in [0.2, 0.25) is 0 Å². The molecule has 2 aliphatic heterocycles. The Labute approximate surface area is 284 Å². The number of nitrogens with zero attached hydrogens (tertiary/aromatic N) is 6. The fraction of sp³-hybridized carbons (Fsp3) is 0.485. The highest BCUT2D eigenvalue weighted by atomic mass is 19.4. The van der Waals surface area contributed by atoms with Gasteiger partial charge in [0.05, 0.1) is 13.2 Å². The number of amides is 2. The number of benzene rings is 1. The first-order valence-electron chi connectivity index (χ1n) is 16.4. The number of anilines is 2. The largest absolute Gasteiger partial charge is 0.507 e. The van der Waals surface area contributed by atoms with E-state index >= 15 is 0 Å². The number of oxazole rings is 2. The van der Waals surface area contributed by atoms with Crippen molar-refractivity contribution in [2.24, 2.45) is 0 Å². The van der Waals surface area contributed by atoms with E-state index in [0.29, 0.717) is 56.0 Å².